The SMILES string of the molecule is CCCCCCCOc1ccc(-c2ccc(C(=O)OCCCCCCCCCC#Cc3ccccc3)cc2)cc1. The van der Waals surface area contributed by atoms with Crippen LogP contribution in [-0.2, 0) is 4.74 Å². The first-order valence-electron chi connectivity index (χ1n) is 15.3. The minimum absolute atomic E-state index is 0.245. The summed E-state index contributed by atoms with van der Waals surface area (Å²) in [6.45, 7) is 3.48. The van der Waals surface area contributed by atoms with Crippen LogP contribution in [0.15, 0.2) is 78.9 Å². The van der Waals surface area contributed by atoms with Crippen LogP contribution in [0, 0.1) is 11.8 Å². The molecule has 0 fully saturated rings. The van der Waals surface area contributed by atoms with Gasteiger partial charge in [0.25, 0.3) is 0 Å². The van der Waals surface area contributed by atoms with Crippen molar-refractivity contribution in [1.82, 2.24) is 0 Å². The highest BCUT2D eigenvalue weighted by Crippen LogP contribution is 2.23. The van der Waals surface area contributed by atoms with Crippen molar-refractivity contribution >= 4 is 5.97 Å². The molecular formula is C37H46O3. The highest BCUT2D eigenvalue weighted by atomic mass is 16.5. The number of hydrogen-bond donors (Lipinski definition) is 0. The van der Waals surface area contributed by atoms with Crippen LogP contribution in [0.2, 0.25) is 0 Å². The van der Waals surface area contributed by atoms with Gasteiger partial charge in [-0.25, -0.2) is 4.79 Å². The summed E-state index contributed by atoms with van der Waals surface area (Å²) >= 11 is 0. The summed E-state index contributed by atoms with van der Waals surface area (Å²) < 4.78 is 11.4. The zero-order valence-corrected chi connectivity index (χ0v) is 24.3. The number of ether oxygens (including phenoxy) is 2. The Labute approximate surface area is 242 Å². The summed E-state index contributed by atoms with van der Waals surface area (Å²) in [6.07, 6.45) is 15.2. The molecule has 0 bridgehead atoms. The predicted octanol–water partition coefficient (Wildman–Crippen LogP) is 10.0. The van der Waals surface area contributed by atoms with Gasteiger partial charge in [0.05, 0.1) is 18.8 Å². The van der Waals surface area contributed by atoms with E-state index in [-0.39, 0.29) is 5.97 Å². The molecule has 0 heterocycles. The standard InChI is InChI=1S/C37H46O3/c1-2-3-4-11-17-30-39-36-28-26-34(27-29-36)33-22-24-35(25-23-33)37(38)40-31-18-12-9-7-5-6-8-10-14-19-32-20-15-13-16-21-32/h13,15-16,20-29H,2-12,17-18,30-31H2,1H3. The lowest BCUT2D eigenvalue weighted by molar-refractivity contribution is 0.0497. The van der Waals surface area contributed by atoms with E-state index < -0.39 is 0 Å². The van der Waals surface area contributed by atoms with Crippen molar-refractivity contribution in [3.05, 3.63) is 90.0 Å². The number of esters is 1. The van der Waals surface area contributed by atoms with E-state index in [0.29, 0.717) is 12.2 Å². The molecule has 3 heteroatoms. The minimum atomic E-state index is -0.245. The lowest BCUT2D eigenvalue weighted by Gasteiger charge is -2.08. The Morgan fingerprint density at radius 2 is 1.20 bits per heavy atom. The number of rotatable bonds is 18. The molecule has 0 aliphatic carbocycles. The third kappa shape index (κ3) is 12.6. The second-order valence-corrected chi connectivity index (χ2v) is 10.4. The van der Waals surface area contributed by atoms with Gasteiger partial charge in [-0.3, -0.25) is 0 Å². The zero-order valence-electron chi connectivity index (χ0n) is 24.3. The summed E-state index contributed by atoms with van der Waals surface area (Å²) in [5.41, 5.74) is 3.87. The summed E-state index contributed by atoms with van der Waals surface area (Å²) in [5.74, 6) is 7.15. The van der Waals surface area contributed by atoms with Crippen LogP contribution < -0.4 is 4.74 Å². The van der Waals surface area contributed by atoms with E-state index in [4.69, 9.17) is 9.47 Å². The average Bonchev–Trinajstić information content (AvgIpc) is 3.00. The molecular weight excluding hydrogens is 492 g/mol. The van der Waals surface area contributed by atoms with Gasteiger partial charge in [-0.1, -0.05) is 119 Å². The number of hydrogen-bond acceptors (Lipinski definition) is 3. The largest absolute Gasteiger partial charge is 0.494 e. The van der Waals surface area contributed by atoms with Gasteiger partial charge in [-0.15, -0.1) is 0 Å². The zero-order chi connectivity index (χ0) is 28.1. The molecule has 0 aliphatic rings. The lowest BCUT2D eigenvalue weighted by atomic mass is 10.0. The normalized spacial score (nSPS) is 10.5. The van der Waals surface area contributed by atoms with Crippen LogP contribution in [0.25, 0.3) is 11.1 Å². The van der Waals surface area contributed by atoms with Crippen LogP contribution >= 0.6 is 0 Å². The molecule has 3 rings (SSSR count). The Morgan fingerprint density at radius 1 is 0.625 bits per heavy atom. The Hall–Kier alpha value is -3.51. The molecule has 40 heavy (non-hydrogen) atoms. The molecule has 0 spiro atoms. The summed E-state index contributed by atoms with van der Waals surface area (Å²) in [6, 6.07) is 26.0. The Bertz CT molecular complexity index is 1140. The molecule has 0 atom stereocenters. The van der Waals surface area contributed by atoms with Gasteiger partial charge < -0.3 is 9.47 Å². The second-order valence-electron chi connectivity index (χ2n) is 10.4. The Morgan fingerprint density at radius 3 is 1.88 bits per heavy atom. The van der Waals surface area contributed by atoms with E-state index in [1.807, 2.05) is 66.7 Å². The third-order valence-corrected chi connectivity index (χ3v) is 7.01. The van der Waals surface area contributed by atoms with E-state index in [1.165, 1.54) is 51.4 Å². The molecule has 0 amide bonds. The first kappa shape index (κ1) is 31.0. The maximum atomic E-state index is 12.4. The van der Waals surface area contributed by atoms with Gasteiger partial charge in [0, 0.05) is 12.0 Å². The van der Waals surface area contributed by atoms with E-state index in [2.05, 4.69) is 30.9 Å². The fraction of sp³-hybridized carbons (Fsp3) is 0.432. The van der Waals surface area contributed by atoms with E-state index >= 15 is 0 Å². The van der Waals surface area contributed by atoms with Crippen molar-refractivity contribution in [3.63, 3.8) is 0 Å². The molecule has 3 aromatic rings. The van der Waals surface area contributed by atoms with E-state index in [9.17, 15) is 4.79 Å². The first-order valence-corrected chi connectivity index (χ1v) is 15.3. The lowest BCUT2D eigenvalue weighted by Crippen LogP contribution is -2.06. The van der Waals surface area contributed by atoms with Crippen LogP contribution in [0.3, 0.4) is 0 Å². The molecule has 3 aromatic carbocycles. The molecule has 3 nitrogen and oxygen atoms in total. The summed E-state index contributed by atoms with van der Waals surface area (Å²) in [7, 11) is 0. The van der Waals surface area contributed by atoms with Gasteiger partial charge >= 0.3 is 5.97 Å². The molecule has 0 aliphatic heterocycles. The molecule has 0 unspecified atom stereocenters. The molecule has 0 radical (unpaired) electrons. The van der Waals surface area contributed by atoms with E-state index in [1.54, 1.807) is 0 Å². The average molecular weight is 539 g/mol. The molecule has 0 saturated heterocycles. The topological polar surface area (TPSA) is 35.5 Å². The quantitative estimate of drug-likeness (QED) is 0.0918. The summed E-state index contributed by atoms with van der Waals surface area (Å²) in [5, 5.41) is 0. The number of carbonyl (C=O) groups is 1. The fourth-order valence-electron chi connectivity index (χ4n) is 4.57. The van der Waals surface area contributed by atoms with Crippen LogP contribution in [0.1, 0.15) is 106 Å². The maximum Gasteiger partial charge on any atom is 0.338 e. The monoisotopic (exact) mass is 538 g/mol. The number of benzene rings is 3. The second kappa shape index (κ2) is 19.5. The van der Waals surface area contributed by atoms with Crippen LogP contribution in [0.4, 0.5) is 0 Å². The van der Waals surface area contributed by atoms with Crippen molar-refractivity contribution in [2.24, 2.45) is 0 Å². The van der Waals surface area contributed by atoms with Crippen molar-refractivity contribution in [2.45, 2.75) is 90.4 Å². The Kier molecular flexibility index (Phi) is 15.1. The maximum absolute atomic E-state index is 12.4. The predicted molar refractivity (Wildman–Crippen MR) is 167 cm³/mol. The van der Waals surface area contributed by atoms with Gasteiger partial charge in [0.15, 0.2) is 0 Å². The molecule has 0 N–H and O–H groups in total. The van der Waals surface area contributed by atoms with Crippen molar-refractivity contribution in [1.29, 1.82) is 0 Å². The van der Waals surface area contributed by atoms with Gasteiger partial charge in [-0.05, 0) is 66.8 Å². The molecule has 0 saturated carbocycles. The van der Waals surface area contributed by atoms with E-state index in [0.717, 1.165) is 61.2 Å². The fourth-order valence-corrected chi connectivity index (χ4v) is 4.57. The van der Waals surface area contributed by atoms with Crippen LogP contribution in [0.5, 0.6) is 5.75 Å². The van der Waals surface area contributed by atoms with Crippen molar-refractivity contribution < 1.29 is 14.3 Å². The van der Waals surface area contributed by atoms with Crippen molar-refractivity contribution in [3.8, 4) is 28.7 Å². The van der Waals surface area contributed by atoms with Crippen LogP contribution in [-0.4, -0.2) is 19.2 Å². The Balaban J connectivity index is 1.22. The molecule has 212 valence electrons. The highest BCUT2D eigenvalue weighted by Gasteiger charge is 2.08. The number of unbranched alkanes of at least 4 members (excludes halogenated alkanes) is 11. The number of carbonyl (C=O) groups excluding carboxylic acids is 1. The molecule has 0 aromatic heterocycles. The summed E-state index contributed by atoms with van der Waals surface area (Å²) in [4.78, 5) is 12.4. The van der Waals surface area contributed by atoms with Gasteiger partial charge in [0.1, 0.15) is 5.75 Å². The third-order valence-electron chi connectivity index (χ3n) is 7.01. The van der Waals surface area contributed by atoms with Crippen molar-refractivity contribution in [2.75, 3.05) is 13.2 Å². The first-order chi connectivity index (χ1) is 19.8. The smallest absolute Gasteiger partial charge is 0.338 e. The highest BCUT2D eigenvalue weighted by molar-refractivity contribution is 5.90. The minimum Gasteiger partial charge on any atom is -0.494 e. The van der Waals surface area contributed by atoms with Gasteiger partial charge in [-0.2, -0.15) is 0 Å². The van der Waals surface area contributed by atoms with Gasteiger partial charge in [0.2, 0.25) is 0 Å².